The molecule has 0 radical (unpaired) electrons. The number of nitrogens with zero attached hydrogens (tertiary/aromatic N) is 2. The van der Waals surface area contributed by atoms with Gasteiger partial charge >= 0.3 is 10.1 Å². The molecule has 2 aromatic carbocycles. The number of nitrogens with two attached hydrogens (primary N) is 1. The lowest BCUT2D eigenvalue weighted by molar-refractivity contribution is -0.131. The number of carbonyl (C=O) groups is 1. The average molecular weight is 518 g/mol. The highest BCUT2D eigenvalue weighted by Crippen LogP contribution is 2.53. The van der Waals surface area contributed by atoms with Gasteiger partial charge < -0.3 is 9.92 Å². The van der Waals surface area contributed by atoms with Crippen LogP contribution in [0.3, 0.4) is 0 Å². The van der Waals surface area contributed by atoms with Crippen molar-refractivity contribution in [2.45, 2.75) is 30.2 Å². The fraction of sp³-hybridized carbons (Fsp3) is 0.280. The number of guanidine groups is 1. The zero-order valence-corrected chi connectivity index (χ0v) is 20.8. The summed E-state index contributed by atoms with van der Waals surface area (Å²) in [5, 5.41) is 0. The number of benzene rings is 2. The van der Waals surface area contributed by atoms with E-state index in [0.29, 0.717) is 17.6 Å². The number of alkyl halides is 1. The quantitative estimate of drug-likeness (QED) is 0.440. The molecule has 2 aliphatic rings. The lowest BCUT2D eigenvalue weighted by Gasteiger charge is -2.41. The van der Waals surface area contributed by atoms with Gasteiger partial charge in [0, 0.05) is 13.5 Å². The molecule has 0 saturated carbocycles. The Kier molecular flexibility index (Phi) is 6.50. The standard InChI is InChI=1S/C25H25ClFN3O4S/c1-3-14-35(32,33)34-19-11-7-10-18(15-19)25(22(31)30(2)23(28)29-25)24(26)13-12-21(27)20(16-24)17-8-5-4-6-9-17/h4-13,15H,3,14,16H2,1-2H3,(H2,28,29). The van der Waals surface area contributed by atoms with Gasteiger partial charge in [0.25, 0.3) is 5.91 Å². The molecule has 184 valence electrons. The van der Waals surface area contributed by atoms with E-state index in [0.717, 1.165) is 0 Å². The average Bonchev–Trinajstić information content (AvgIpc) is 3.06. The molecule has 0 fully saturated rings. The molecular formula is C25H25ClFN3O4S. The second kappa shape index (κ2) is 9.13. The van der Waals surface area contributed by atoms with Crippen LogP contribution in [0.1, 0.15) is 30.9 Å². The Morgan fingerprint density at radius 3 is 2.54 bits per heavy atom. The zero-order chi connectivity index (χ0) is 25.4. The summed E-state index contributed by atoms with van der Waals surface area (Å²) in [6, 6.07) is 14.9. The summed E-state index contributed by atoms with van der Waals surface area (Å²) in [7, 11) is -2.36. The molecule has 7 nitrogen and oxygen atoms in total. The third-order valence-corrected chi connectivity index (χ3v) is 8.00. The minimum atomic E-state index is -3.83. The van der Waals surface area contributed by atoms with Crippen LogP contribution in [0.5, 0.6) is 5.75 Å². The Morgan fingerprint density at radius 1 is 1.20 bits per heavy atom. The number of amides is 1. The number of likely N-dealkylation sites (N-methyl/N-ethyl adjacent to an activating group) is 1. The number of aliphatic imine (C=N–C) groups is 1. The van der Waals surface area contributed by atoms with Crippen LogP contribution < -0.4 is 9.92 Å². The van der Waals surface area contributed by atoms with Gasteiger partial charge in [0.05, 0.1) is 5.75 Å². The Morgan fingerprint density at radius 2 is 1.91 bits per heavy atom. The zero-order valence-electron chi connectivity index (χ0n) is 19.2. The first-order chi connectivity index (χ1) is 16.5. The number of carbonyl (C=O) groups excluding carboxylic acids is 1. The van der Waals surface area contributed by atoms with Crippen LogP contribution in [0.4, 0.5) is 4.39 Å². The van der Waals surface area contributed by atoms with E-state index in [4.69, 9.17) is 21.5 Å². The van der Waals surface area contributed by atoms with Crippen molar-refractivity contribution in [3.05, 3.63) is 83.7 Å². The summed E-state index contributed by atoms with van der Waals surface area (Å²) in [5.74, 6) is -1.22. The molecule has 1 heterocycles. The van der Waals surface area contributed by atoms with Crippen LogP contribution in [-0.2, 0) is 20.5 Å². The number of halogens is 2. The SMILES string of the molecule is CCCS(=O)(=O)Oc1cccc(C2(C3(Cl)C=CC(F)=C(c4ccccc4)C3)N=C(N)N(C)C2=O)c1. The van der Waals surface area contributed by atoms with Crippen LogP contribution in [0.25, 0.3) is 5.57 Å². The van der Waals surface area contributed by atoms with Gasteiger partial charge in [0.15, 0.2) is 11.5 Å². The van der Waals surface area contributed by atoms with E-state index in [1.165, 1.54) is 36.2 Å². The minimum Gasteiger partial charge on any atom is -0.382 e. The molecule has 2 N–H and O–H groups in total. The van der Waals surface area contributed by atoms with Crippen molar-refractivity contribution in [3.8, 4) is 5.75 Å². The third kappa shape index (κ3) is 4.34. The molecule has 10 heteroatoms. The van der Waals surface area contributed by atoms with Crippen molar-refractivity contribution < 1.29 is 21.8 Å². The van der Waals surface area contributed by atoms with Crippen LogP contribution >= 0.6 is 11.6 Å². The van der Waals surface area contributed by atoms with E-state index in [-0.39, 0.29) is 29.4 Å². The highest BCUT2D eigenvalue weighted by atomic mass is 35.5. The van der Waals surface area contributed by atoms with Crippen molar-refractivity contribution in [2.24, 2.45) is 10.7 Å². The van der Waals surface area contributed by atoms with Gasteiger partial charge in [-0.2, -0.15) is 8.42 Å². The monoisotopic (exact) mass is 517 g/mol. The predicted molar refractivity (Wildman–Crippen MR) is 134 cm³/mol. The molecule has 2 atom stereocenters. The lowest BCUT2D eigenvalue weighted by atomic mass is 9.71. The predicted octanol–water partition coefficient (Wildman–Crippen LogP) is 4.11. The van der Waals surface area contributed by atoms with Crippen LogP contribution in [0.15, 0.2) is 77.6 Å². The Balaban J connectivity index is 1.86. The molecular weight excluding hydrogens is 493 g/mol. The van der Waals surface area contributed by atoms with Crippen molar-refractivity contribution in [1.29, 1.82) is 0 Å². The third-order valence-electron chi connectivity index (χ3n) is 6.11. The van der Waals surface area contributed by atoms with Crippen molar-refractivity contribution in [3.63, 3.8) is 0 Å². The minimum absolute atomic E-state index is 0.0107. The highest BCUT2D eigenvalue weighted by Gasteiger charge is 2.61. The Bertz CT molecular complexity index is 1360. The van der Waals surface area contributed by atoms with E-state index in [9.17, 15) is 17.6 Å². The molecule has 4 rings (SSSR count). The maximum Gasteiger partial charge on any atom is 0.309 e. The maximum absolute atomic E-state index is 15.0. The molecule has 1 aliphatic carbocycles. The van der Waals surface area contributed by atoms with E-state index in [1.54, 1.807) is 43.3 Å². The fourth-order valence-electron chi connectivity index (χ4n) is 4.39. The van der Waals surface area contributed by atoms with Crippen LogP contribution in [-0.4, -0.2) is 42.9 Å². The molecule has 0 bridgehead atoms. The fourth-order valence-corrected chi connectivity index (χ4v) is 5.79. The number of hydrogen-bond donors (Lipinski definition) is 1. The van der Waals surface area contributed by atoms with Crippen molar-refractivity contribution >= 4 is 39.2 Å². The van der Waals surface area contributed by atoms with Crippen molar-refractivity contribution in [1.82, 2.24) is 4.90 Å². The maximum atomic E-state index is 15.0. The summed E-state index contributed by atoms with van der Waals surface area (Å²) in [4.78, 5) is 17.8. The summed E-state index contributed by atoms with van der Waals surface area (Å²) >= 11 is 7.19. The smallest absolute Gasteiger partial charge is 0.309 e. The summed E-state index contributed by atoms with van der Waals surface area (Å²) in [5.41, 5.74) is 5.47. The van der Waals surface area contributed by atoms with E-state index in [1.807, 2.05) is 6.07 Å². The van der Waals surface area contributed by atoms with Crippen molar-refractivity contribution in [2.75, 3.05) is 12.8 Å². The number of rotatable bonds is 7. The lowest BCUT2D eigenvalue weighted by Crippen LogP contribution is -2.53. The van der Waals surface area contributed by atoms with E-state index < -0.39 is 32.3 Å². The van der Waals surface area contributed by atoms with Gasteiger partial charge in [-0.1, -0.05) is 55.5 Å². The molecule has 1 aliphatic heterocycles. The second-order valence-corrected chi connectivity index (χ2v) is 10.8. The van der Waals surface area contributed by atoms with Gasteiger partial charge in [-0.15, -0.1) is 11.6 Å². The number of allylic oxidation sites excluding steroid dienone is 3. The largest absolute Gasteiger partial charge is 0.382 e. The van der Waals surface area contributed by atoms with E-state index >= 15 is 0 Å². The Labute approximate surface area is 208 Å². The van der Waals surface area contributed by atoms with Gasteiger partial charge in [-0.05, 0) is 41.3 Å². The molecule has 2 aromatic rings. The molecule has 1 amide bonds. The van der Waals surface area contributed by atoms with Gasteiger partial charge in [0.1, 0.15) is 16.5 Å². The van der Waals surface area contributed by atoms with E-state index in [2.05, 4.69) is 4.99 Å². The molecule has 2 unspecified atom stereocenters. The second-order valence-electron chi connectivity index (χ2n) is 8.48. The first kappa shape index (κ1) is 24.9. The van der Waals surface area contributed by atoms with Crippen LogP contribution in [0.2, 0.25) is 0 Å². The summed E-state index contributed by atoms with van der Waals surface area (Å²) < 4.78 is 44.7. The van der Waals surface area contributed by atoms with Crippen LogP contribution in [0, 0.1) is 0 Å². The first-order valence-electron chi connectivity index (χ1n) is 11.0. The first-order valence-corrected chi connectivity index (χ1v) is 13.0. The highest BCUT2D eigenvalue weighted by molar-refractivity contribution is 7.87. The summed E-state index contributed by atoms with van der Waals surface area (Å²) in [6.45, 7) is 1.72. The summed E-state index contributed by atoms with van der Waals surface area (Å²) in [6.07, 6.45) is 2.94. The Hall–Kier alpha value is -3.17. The molecule has 0 spiro atoms. The van der Waals surface area contributed by atoms with Gasteiger partial charge in [-0.3, -0.25) is 9.69 Å². The van der Waals surface area contributed by atoms with Gasteiger partial charge in [-0.25, -0.2) is 9.38 Å². The van der Waals surface area contributed by atoms with Gasteiger partial charge in [0.2, 0.25) is 0 Å². The molecule has 0 saturated heterocycles. The topological polar surface area (TPSA) is 102 Å². The molecule has 0 aromatic heterocycles. The molecule has 35 heavy (non-hydrogen) atoms. The normalized spacial score (nSPS) is 24.6. The number of hydrogen-bond acceptors (Lipinski definition) is 6.